The Hall–Kier alpha value is -1.30. The van der Waals surface area contributed by atoms with Gasteiger partial charge in [-0.25, -0.2) is 9.37 Å². The summed E-state index contributed by atoms with van der Waals surface area (Å²) in [6, 6.07) is 5.10. The SMILES string of the molecule is COC(OC)c1csc(-c2ccc(C)cc2F)n1. The monoisotopic (exact) mass is 267 g/mol. The number of rotatable bonds is 4. The van der Waals surface area contributed by atoms with Gasteiger partial charge in [0, 0.05) is 25.2 Å². The van der Waals surface area contributed by atoms with E-state index in [9.17, 15) is 4.39 Å². The standard InChI is InChI=1S/C13H14FNO2S/c1-8-4-5-9(10(14)6-8)12-15-11(7-18-12)13(16-2)17-3/h4-7,13H,1-3H3. The van der Waals surface area contributed by atoms with Crippen LogP contribution in [0, 0.1) is 12.7 Å². The Labute approximate surface area is 109 Å². The van der Waals surface area contributed by atoms with Crippen LogP contribution in [0.2, 0.25) is 0 Å². The zero-order valence-corrected chi connectivity index (χ0v) is 11.3. The Morgan fingerprint density at radius 1 is 1.28 bits per heavy atom. The normalized spacial score (nSPS) is 11.2. The summed E-state index contributed by atoms with van der Waals surface area (Å²) >= 11 is 1.37. The molecular formula is C13H14FNO2S. The Kier molecular flexibility index (Phi) is 4.06. The van der Waals surface area contributed by atoms with Gasteiger partial charge in [0.2, 0.25) is 6.29 Å². The van der Waals surface area contributed by atoms with Crippen molar-refractivity contribution in [1.82, 2.24) is 4.98 Å². The van der Waals surface area contributed by atoms with E-state index in [0.29, 0.717) is 16.3 Å². The van der Waals surface area contributed by atoms with Crippen LogP contribution in [0.25, 0.3) is 10.6 Å². The van der Waals surface area contributed by atoms with Crippen molar-refractivity contribution in [3.05, 3.63) is 40.7 Å². The van der Waals surface area contributed by atoms with E-state index < -0.39 is 6.29 Å². The quantitative estimate of drug-likeness (QED) is 0.794. The minimum Gasteiger partial charge on any atom is -0.350 e. The Morgan fingerprint density at radius 2 is 2.00 bits per heavy atom. The number of methoxy groups -OCH3 is 2. The maximum Gasteiger partial charge on any atom is 0.201 e. The molecule has 0 aliphatic rings. The van der Waals surface area contributed by atoms with Gasteiger partial charge in [0.15, 0.2) is 0 Å². The van der Waals surface area contributed by atoms with E-state index >= 15 is 0 Å². The van der Waals surface area contributed by atoms with Crippen molar-refractivity contribution in [2.24, 2.45) is 0 Å². The highest BCUT2D eigenvalue weighted by Crippen LogP contribution is 2.29. The summed E-state index contributed by atoms with van der Waals surface area (Å²) in [6.45, 7) is 1.85. The van der Waals surface area contributed by atoms with Gasteiger partial charge < -0.3 is 9.47 Å². The first-order valence-electron chi connectivity index (χ1n) is 5.43. The second kappa shape index (κ2) is 5.56. The van der Waals surface area contributed by atoms with E-state index in [1.165, 1.54) is 17.4 Å². The largest absolute Gasteiger partial charge is 0.350 e. The molecule has 0 aliphatic heterocycles. The second-order valence-electron chi connectivity index (χ2n) is 3.86. The molecule has 1 heterocycles. The average Bonchev–Trinajstić information content (AvgIpc) is 2.80. The molecule has 96 valence electrons. The van der Waals surface area contributed by atoms with Crippen LogP contribution in [0.5, 0.6) is 0 Å². The van der Waals surface area contributed by atoms with Crippen LogP contribution in [-0.4, -0.2) is 19.2 Å². The van der Waals surface area contributed by atoms with E-state index in [-0.39, 0.29) is 5.82 Å². The number of hydrogen-bond donors (Lipinski definition) is 0. The molecule has 0 saturated carbocycles. The minimum absolute atomic E-state index is 0.262. The summed E-state index contributed by atoms with van der Waals surface area (Å²) in [5, 5.41) is 2.44. The van der Waals surface area contributed by atoms with Crippen LogP contribution in [0.1, 0.15) is 17.5 Å². The van der Waals surface area contributed by atoms with Crippen molar-refractivity contribution < 1.29 is 13.9 Å². The molecule has 1 aromatic carbocycles. The molecule has 0 N–H and O–H groups in total. The first kappa shape index (κ1) is 13.1. The average molecular weight is 267 g/mol. The predicted molar refractivity (Wildman–Crippen MR) is 69.0 cm³/mol. The van der Waals surface area contributed by atoms with E-state index in [0.717, 1.165) is 5.56 Å². The fourth-order valence-electron chi connectivity index (χ4n) is 1.65. The smallest absolute Gasteiger partial charge is 0.201 e. The van der Waals surface area contributed by atoms with Crippen LogP contribution in [-0.2, 0) is 9.47 Å². The Balaban J connectivity index is 2.34. The molecule has 0 fully saturated rings. The van der Waals surface area contributed by atoms with Crippen LogP contribution in [0.4, 0.5) is 4.39 Å². The van der Waals surface area contributed by atoms with E-state index in [1.54, 1.807) is 20.3 Å². The first-order valence-corrected chi connectivity index (χ1v) is 6.31. The highest BCUT2D eigenvalue weighted by Gasteiger charge is 2.15. The van der Waals surface area contributed by atoms with E-state index in [4.69, 9.17) is 9.47 Å². The molecular weight excluding hydrogens is 253 g/mol. The molecule has 0 aliphatic carbocycles. The number of nitrogens with zero attached hydrogens (tertiary/aromatic N) is 1. The van der Waals surface area contributed by atoms with Crippen LogP contribution in [0.3, 0.4) is 0 Å². The third-order valence-corrected chi connectivity index (χ3v) is 3.44. The molecule has 5 heteroatoms. The van der Waals surface area contributed by atoms with Gasteiger partial charge in [-0.05, 0) is 24.6 Å². The molecule has 1 aromatic heterocycles. The van der Waals surface area contributed by atoms with Gasteiger partial charge in [0.05, 0.1) is 0 Å². The number of ether oxygens (including phenoxy) is 2. The van der Waals surface area contributed by atoms with Crippen molar-refractivity contribution >= 4 is 11.3 Å². The van der Waals surface area contributed by atoms with E-state index in [1.807, 2.05) is 18.4 Å². The fraction of sp³-hybridized carbons (Fsp3) is 0.308. The summed E-state index contributed by atoms with van der Waals surface area (Å²) in [5.74, 6) is -0.262. The summed E-state index contributed by atoms with van der Waals surface area (Å²) in [6.07, 6.45) is -0.511. The molecule has 0 radical (unpaired) electrons. The van der Waals surface area contributed by atoms with Gasteiger partial charge in [-0.2, -0.15) is 0 Å². The maximum atomic E-state index is 13.8. The molecule has 18 heavy (non-hydrogen) atoms. The van der Waals surface area contributed by atoms with Crippen molar-refractivity contribution in [2.45, 2.75) is 13.2 Å². The summed E-state index contributed by atoms with van der Waals surface area (Å²) in [5.41, 5.74) is 2.04. The summed E-state index contributed by atoms with van der Waals surface area (Å²) in [4.78, 5) is 4.34. The van der Waals surface area contributed by atoms with Crippen LogP contribution in [0.15, 0.2) is 23.6 Å². The van der Waals surface area contributed by atoms with Crippen LogP contribution < -0.4 is 0 Å². The summed E-state index contributed by atoms with van der Waals surface area (Å²) in [7, 11) is 3.08. The van der Waals surface area contributed by atoms with Gasteiger partial charge in [0.1, 0.15) is 16.5 Å². The molecule has 2 rings (SSSR count). The molecule has 0 bridgehead atoms. The zero-order chi connectivity index (χ0) is 13.1. The molecule has 0 atom stereocenters. The number of thiazole rings is 1. The Morgan fingerprint density at radius 3 is 2.61 bits per heavy atom. The van der Waals surface area contributed by atoms with Crippen molar-refractivity contribution in [1.29, 1.82) is 0 Å². The topological polar surface area (TPSA) is 31.4 Å². The number of aryl methyl sites for hydroxylation is 1. The lowest BCUT2D eigenvalue weighted by Gasteiger charge is -2.09. The molecule has 0 unspecified atom stereocenters. The van der Waals surface area contributed by atoms with Crippen molar-refractivity contribution in [3.8, 4) is 10.6 Å². The molecule has 0 amide bonds. The van der Waals surface area contributed by atoms with Gasteiger partial charge >= 0.3 is 0 Å². The highest BCUT2D eigenvalue weighted by molar-refractivity contribution is 7.13. The van der Waals surface area contributed by atoms with Gasteiger partial charge in [-0.1, -0.05) is 6.07 Å². The molecule has 2 aromatic rings. The van der Waals surface area contributed by atoms with Crippen LogP contribution >= 0.6 is 11.3 Å². The zero-order valence-electron chi connectivity index (χ0n) is 10.4. The van der Waals surface area contributed by atoms with Gasteiger partial charge in [-0.15, -0.1) is 11.3 Å². The summed E-state index contributed by atoms with van der Waals surface area (Å²) < 4.78 is 24.0. The first-order chi connectivity index (χ1) is 8.65. The lowest BCUT2D eigenvalue weighted by molar-refractivity contribution is -0.108. The van der Waals surface area contributed by atoms with Gasteiger partial charge in [0.25, 0.3) is 0 Å². The predicted octanol–water partition coefficient (Wildman–Crippen LogP) is 3.55. The number of halogens is 1. The fourth-order valence-corrected chi connectivity index (χ4v) is 2.50. The third-order valence-electron chi connectivity index (χ3n) is 2.55. The number of benzene rings is 1. The van der Waals surface area contributed by atoms with Crippen molar-refractivity contribution in [3.63, 3.8) is 0 Å². The number of hydrogen-bond acceptors (Lipinski definition) is 4. The molecule has 0 spiro atoms. The molecule has 3 nitrogen and oxygen atoms in total. The Bertz CT molecular complexity index is 538. The van der Waals surface area contributed by atoms with E-state index in [2.05, 4.69) is 4.98 Å². The maximum absolute atomic E-state index is 13.8. The highest BCUT2D eigenvalue weighted by atomic mass is 32.1. The number of aromatic nitrogens is 1. The van der Waals surface area contributed by atoms with Crippen molar-refractivity contribution in [2.75, 3.05) is 14.2 Å². The second-order valence-corrected chi connectivity index (χ2v) is 4.72. The lowest BCUT2D eigenvalue weighted by atomic mass is 10.1. The minimum atomic E-state index is -0.511. The third kappa shape index (κ3) is 2.58. The van der Waals surface area contributed by atoms with Gasteiger partial charge in [-0.3, -0.25) is 0 Å². The lowest BCUT2D eigenvalue weighted by Crippen LogP contribution is -2.03. The molecule has 0 saturated heterocycles.